The molecule has 26 heavy (non-hydrogen) atoms. The summed E-state index contributed by atoms with van der Waals surface area (Å²) in [6.07, 6.45) is 2.07. The smallest absolute Gasteiger partial charge is 0.279 e. The lowest BCUT2D eigenvalue weighted by atomic mass is 10.2. The van der Waals surface area contributed by atoms with Crippen molar-refractivity contribution in [1.82, 2.24) is 4.57 Å². The van der Waals surface area contributed by atoms with E-state index in [1.807, 2.05) is 30.3 Å². The summed E-state index contributed by atoms with van der Waals surface area (Å²) in [4.78, 5) is 17.6. The van der Waals surface area contributed by atoms with Gasteiger partial charge in [0.1, 0.15) is 13.2 Å². The molecule has 4 rings (SSSR count). The van der Waals surface area contributed by atoms with Gasteiger partial charge in [0.2, 0.25) is 0 Å². The summed E-state index contributed by atoms with van der Waals surface area (Å²) >= 11 is 3.26. The molecule has 0 bridgehead atoms. The van der Waals surface area contributed by atoms with Gasteiger partial charge in [-0.1, -0.05) is 29.5 Å². The van der Waals surface area contributed by atoms with Crippen molar-refractivity contribution in [2.75, 3.05) is 25.2 Å². The number of amides is 1. The number of nitrogens with zero attached hydrogens (tertiary/aromatic N) is 2. The number of fused-ring (bicyclic) bond motifs is 2. The first-order chi connectivity index (χ1) is 12.8. The highest BCUT2D eigenvalue weighted by Gasteiger charge is 2.17. The maximum atomic E-state index is 12.5. The summed E-state index contributed by atoms with van der Waals surface area (Å²) in [6, 6.07) is 13.1. The Bertz CT molecular complexity index is 1010. The van der Waals surface area contributed by atoms with E-state index in [1.54, 1.807) is 23.9 Å². The van der Waals surface area contributed by atoms with Gasteiger partial charge in [0, 0.05) is 30.0 Å². The molecule has 7 heteroatoms. The quantitative estimate of drug-likeness (QED) is 0.688. The maximum Gasteiger partial charge on any atom is 0.279 e. The zero-order valence-electron chi connectivity index (χ0n) is 14.3. The Balaban J connectivity index is 1.84. The standard InChI is InChI=1S/C19H18N2O3S2/c1-25-10-7-21-14-11-15-16(24-9-8-23-15)12-17(14)26-19(21)20-18(22)13-5-3-2-4-6-13/h2-6,11-12H,7-10H2,1H3. The Labute approximate surface area is 159 Å². The summed E-state index contributed by atoms with van der Waals surface area (Å²) in [5.74, 6) is 2.21. The van der Waals surface area contributed by atoms with E-state index in [9.17, 15) is 4.79 Å². The van der Waals surface area contributed by atoms with E-state index in [1.165, 1.54) is 11.3 Å². The number of aryl methyl sites for hydroxylation is 1. The molecule has 0 fully saturated rings. The van der Waals surface area contributed by atoms with Gasteiger partial charge < -0.3 is 14.0 Å². The van der Waals surface area contributed by atoms with E-state index in [0.717, 1.165) is 34.0 Å². The van der Waals surface area contributed by atoms with Crippen molar-refractivity contribution >= 4 is 39.2 Å². The van der Waals surface area contributed by atoms with Gasteiger partial charge in [0.05, 0.1) is 10.2 Å². The SMILES string of the molecule is CSCCn1c(=NC(=O)c2ccccc2)sc2cc3c(cc21)OCCO3. The topological polar surface area (TPSA) is 52.8 Å². The van der Waals surface area contributed by atoms with E-state index in [0.29, 0.717) is 23.6 Å². The number of aromatic nitrogens is 1. The largest absolute Gasteiger partial charge is 0.486 e. The third kappa shape index (κ3) is 3.37. The molecule has 0 saturated carbocycles. The molecule has 0 unspecified atom stereocenters. The van der Waals surface area contributed by atoms with E-state index in [4.69, 9.17) is 9.47 Å². The van der Waals surface area contributed by atoms with Gasteiger partial charge in [0.15, 0.2) is 16.3 Å². The average molecular weight is 386 g/mol. The van der Waals surface area contributed by atoms with Gasteiger partial charge in [-0.2, -0.15) is 16.8 Å². The number of thioether (sulfide) groups is 1. The predicted octanol–water partition coefficient (Wildman–Crippen LogP) is 3.58. The van der Waals surface area contributed by atoms with Crippen molar-refractivity contribution in [1.29, 1.82) is 0 Å². The molecule has 0 saturated heterocycles. The Morgan fingerprint density at radius 2 is 1.92 bits per heavy atom. The lowest BCUT2D eigenvalue weighted by Crippen LogP contribution is -2.18. The molecular formula is C19H18N2O3S2. The minimum Gasteiger partial charge on any atom is -0.486 e. The van der Waals surface area contributed by atoms with Gasteiger partial charge in [-0.15, -0.1) is 0 Å². The van der Waals surface area contributed by atoms with Crippen LogP contribution < -0.4 is 14.3 Å². The molecule has 0 radical (unpaired) electrons. The minimum atomic E-state index is -0.229. The highest BCUT2D eigenvalue weighted by Crippen LogP contribution is 2.35. The fourth-order valence-corrected chi connectivity index (χ4v) is 4.25. The summed E-state index contributed by atoms with van der Waals surface area (Å²) in [5.41, 5.74) is 1.61. The third-order valence-corrected chi connectivity index (χ3v) is 5.72. The van der Waals surface area contributed by atoms with Crippen LogP contribution in [-0.4, -0.2) is 35.7 Å². The third-order valence-electron chi connectivity index (χ3n) is 4.08. The van der Waals surface area contributed by atoms with E-state index in [-0.39, 0.29) is 5.91 Å². The van der Waals surface area contributed by atoms with Crippen molar-refractivity contribution in [2.24, 2.45) is 4.99 Å². The van der Waals surface area contributed by atoms with Crippen molar-refractivity contribution in [3.63, 3.8) is 0 Å². The van der Waals surface area contributed by atoms with E-state index < -0.39 is 0 Å². The summed E-state index contributed by atoms with van der Waals surface area (Å²) in [5, 5.41) is 0. The Hall–Kier alpha value is -2.25. The molecule has 1 aliphatic heterocycles. The van der Waals surface area contributed by atoms with Gasteiger partial charge in [-0.25, -0.2) is 0 Å². The van der Waals surface area contributed by atoms with Gasteiger partial charge >= 0.3 is 0 Å². The van der Waals surface area contributed by atoms with E-state index in [2.05, 4.69) is 15.8 Å². The first-order valence-corrected chi connectivity index (χ1v) is 10.5. The van der Waals surface area contributed by atoms with E-state index >= 15 is 0 Å². The number of hydrogen-bond acceptors (Lipinski definition) is 5. The van der Waals surface area contributed by atoms with Crippen molar-refractivity contribution < 1.29 is 14.3 Å². The molecule has 2 aromatic carbocycles. The Kier molecular flexibility index (Phi) is 4.99. The molecule has 0 aliphatic carbocycles. The van der Waals surface area contributed by atoms with Crippen LogP contribution in [0.3, 0.4) is 0 Å². The second kappa shape index (κ2) is 7.55. The molecule has 0 N–H and O–H groups in total. The molecular weight excluding hydrogens is 368 g/mol. The van der Waals surface area contributed by atoms with Crippen molar-refractivity contribution in [3.8, 4) is 11.5 Å². The van der Waals surface area contributed by atoms with Crippen LogP contribution in [0.1, 0.15) is 10.4 Å². The molecule has 0 spiro atoms. The number of rotatable bonds is 4. The van der Waals surface area contributed by atoms with Crippen LogP contribution >= 0.6 is 23.1 Å². The monoisotopic (exact) mass is 386 g/mol. The lowest BCUT2D eigenvalue weighted by Gasteiger charge is -2.18. The van der Waals surface area contributed by atoms with Crippen molar-refractivity contribution in [3.05, 3.63) is 52.8 Å². The molecule has 134 valence electrons. The number of thiazole rings is 1. The highest BCUT2D eigenvalue weighted by molar-refractivity contribution is 7.98. The number of benzene rings is 2. The molecule has 1 amide bonds. The van der Waals surface area contributed by atoms with Crippen LogP contribution in [0.2, 0.25) is 0 Å². The number of carbonyl (C=O) groups excluding carboxylic acids is 1. The average Bonchev–Trinajstić information content (AvgIpc) is 3.01. The first kappa shape index (κ1) is 17.2. The van der Waals surface area contributed by atoms with Crippen LogP contribution in [0.15, 0.2) is 47.5 Å². The van der Waals surface area contributed by atoms with Crippen LogP contribution in [0.4, 0.5) is 0 Å². The van der Waals surface area contributed by atoms with Crippen LogP contribution in [0.25, 0.3) is 10.2 Å². The number of hydrogen-bond donors (Lipinski definition) is 0. The molecule has 2 heterocycles. The van der Waals surface area contributed by atoms with Crippen LogP contribution in [0, 0.1) is 0 Å². The van der Waals surface area contributed by atoms with Crippen LogP contribution in [0.5, 0.6) is 11.5 Å². The summed E-state index contributed by atoms with van der Waals surface area (Å²) < 4.78 is 14.5. The fraction of sp³-hybridized carbons (Fsp3) is 0.263. The summed E-state index contributed by atoms with van der Waals surface area (Å²) in [6.45, 7) is 1.89. The number of ether oxygens (including phenoxy) is 2. The minimum absolute atomic E-state index is 0.229. The molecule has 5 nitrogen and oxygen atoms in total. The zero-order valence-corrected chi connectivity index (χ0v) is 15.9. The maximum absolute atomic E-state index is 12.5. The first-order valence-electron chi connectivity index (χ1n) is 8.32. The Morgan fingerprint density at radius 3 is 2.65 bits per heavy atom. The lowest BCUT2D eigenvalue weighted by molar-refractivity contribution is 0.0998. The molecule has 3 aromatic rings. The Morgan fingerprint density at radius 1 is 1.19 bits per heavy atom. The van der Waals surface area contributed by atoms with Gasteiger partial charge in [-0.3, -0.25) is 4.79 Å². The molecule has 1 aromatic heterocycles. The fourth-order valence-electron chi connectivity index (χ4n) is 2.82. The van der Waals surface area contributed by atoms with Gasteiger partial charge in [0.25, 0.3) is 5.91 Å². The zero-order chi connectivity index (χ0) is 17.9. The molecule has 1 aliphatic rings. The normalized spacial score (nSPS) is 14.0. The van der Waals surface area contributed by atoms with Crippen molar-refractivity contribution in [2.45, 2.75) is 6.54 Å². The van der Waals surface area contributed by atoms with Crippen LogP contribution in [-0.2, 0) is 6.54 Å². The second-order valence-corrected chi connectivity index (χ2v) is 7.77. The number of carbonyl (C=O) groups is 1. The predicted molar refractivity (Wildman–Crippen MR) is 106 cm³/mol. The van der Waals surface area contributed by atoms with Gasteiger partial charge in [-0.05, 0) is 18.4 Å². The second-order valence-electron chi connectivity index (χ2n) is 5.78. The highest BCUT2D eigenvalue weighted by atomic mass is 32.2. The summed E-state index contributed by atoms with van der Waals surface area (Å²) in [7, 11) is 0. The molecule has 0 atom stereocenters.